The number of hydrogen-bond donors (Lipinski definition) is 1. The van der Waals surface area contributed by atoms with Crippen molar-refractivity contribution in [1.29, 1.82) is 0 Å². The zero-order valence-electron chi connectivity index (χ0n) is 16.4. The molecule has 1 aliphatic rings. The summed E-state index contributed by atoms with van der Waals surface area (Å²) in [5, 5.41) is 3.02. The lowest BCUT2D eigenvalue weighted by Crippen LogP contribution is -2.36. The van der Waals surface area contributed by atoms with Crippen molar-refractivity contribution in [2.24, 2.45) is 5.92 Å². The van der Waals surface area contributed by atoms with Crippen LogP contribution in [0.5, 0.6) is 0 Å². The second-order valence-corrected chi connectivity index (χ2v) is 7.44. The van der Waals surface area contributed by atoms with Crippen molar-refractivity contribution in [1.82, 2.24) is 10.2 Å². The van der Waals surface area contributed by atoms with E-state index in [2.05, 4.69) is 24.4 Å². The van der Waals surface area contributed by atoms with Gasteiger partial charge < -0.3 is 10.2 Å². The minimum atomic E-state index is -0.216. The van der Waals surface area contributed by atoms with Crippen molar-refractivity contribution in [2.75, 3.05) is 19.6 Å². The van der Waals surface area contributed by atoms with E-state index in [0.29, 0.717) is 25.2 Å². The van der Waals surface area contributed by atoms with Crippen LogP contribution in [0.15, 0.2) is 48.5 Å². The van der Waals surface area contributed by atoms with Gasteiger partial charge in [-0.3, -0.25) is 9.59 Å². The zero-order valence-corrected chi connectivity index (χ0v) is 16.4. The van der Waals surface area contributed by atoms with Gasteiger partial charge in [0.15, 0.2) is 0 Å². The molecule has 2 amide bonds. The van der Waals surface area contributed by atoms with E-state index < -0.39 is 0 Å². The molecule has 142 valence electrons. The predicted octanol–water partition coefficient (Wildman–Crippen LogP) is 3.69. The average Bonchev–Trinajstić information content (AvgIpc) is 3.11. The Balaban J connectivity index is 1.86. The van der Waals surface area contributed by atoms with Crippen molar-refractivity contribution >= 4 is 11.8 Å². The van der Waals surface area contributed by atoms with Crippen LogP contribution in [0, 0.1) is 19.8 Å². The number of rotatable bonds is 5. The lowest BCUT2D eigenvalue weighted by molar-refractivity contribution is -0.124. The van der Waals surface area contributed by atoms with E-state index in [1.54, 1.807) is 0 Å². The fourth-order valence-electron chi connectivity index (χ4n) is 3.81. The number of aryl methyl sites for hydroxylation is 2. The highest BCUT2D eigenvalue weighted by atomic mass is 16.2. The lowest BCUT2D eigenvalue weighted by Gasteiger charge is -2.19. The Hall–Kier alpha value is -2.62. The van der Waals surface area contributed by atoms with Gasteiger partial charge in [-0.05, 0) is 43.5 Å². The summed E-state index contributed by atoms with van der Waals surface area (Å²) in [4.78, 5) is 27.6. The first kappa shape index (κ1) is 19.2. The number of amides is 2. The maximum atomic E-state index is 13.0. The Morgan fingerprint density at radius 2 is 1.74 bits per heavy atom. The summed E-state index contributed by atoms with van der Waals surface area (Å²) in [5.41, 5.74) is 4.13. The van der Waals surface area contributed by atoms with Gasteiger partial charge >= 0.3 is 0 Å². The highest BCUT2D eigenvalue weighted by molar-refractivity contribution is 5.95. The first-order valence-electron chi connectivity index (χ1n) is 9.70. The smallest absolute Gasteiger partial charge is 0.253 e. The second-order valence-electron chi connectivity index (χ2n) is 7.44. The van der Waals surface area contributed by atoms with Gasteiger partial charge in [-0.15, -0.1) is 0 Å². The Morgan fingerprint density at radius 1 is 1.04 bits per heavy atom. The number of nitrogens with zero attached hydrogens (tertiary/aromatic N) is 1. The largest absolute Gasteiger partial charge is 0.356 e. The van der Waals surface area contributed by atoms with Crippen LogP contribution in [0.3, 0.4) is 0 Å². The van der Waals surface area contributed by atoms with Crippen molar-refractivity contribution in [3.63, 3.8) is 0 Å². The minimum absolute atomic E-state index is 0.000578. The van der Waals surface area contributed by atoms with Gasteiger partial charge in [0.25, 0.3) is 5.91 Å². The molecule has 1 fully saturated rings. The summed E-state index contributed by atoms with van der Waals surface area (Å²) in [6, 6.07) is 15.8. The molecule has 1 aliphatic heterocycles. The molecule has 4 nitrogen and oxygen atoms in total. The quantitative estimate of drug-likeness (QED) is 0.880. The molecule has 4 heteroatoms. The molecule has 0 radical (unpaired) electrons. The van der Waals surface area contributed by atoms with Crippen LogP contribution in [0.2, 0.25) is 0 Å². The molecule has 0 aromatic heterocycles. The van der Waals surface area contributed by atoms with Crippen LogP contribution in [-0.2, 0) is 4.79 Å². The Labute approximate surface area is 161 Å². The van der Waals surface area contributed by atoms with Gasteiger partial charge in [0.2, 0.25) is 5.91 Å². The number of carbonyl (C=O) groups is 2. The van der Waals surface area contributed by atoms with E-state index >= 15 is 0 Å². The number of likely N-dealkylation sites (tertiary alicyclic amines) is 1. The Morgan fingerprint density at radius 3 is 2.41 bits per heavy atom. The number of nitrogens with one attached hydrogen (secondary N) is 1. The van der Waals surface area contributed by atoms with Gasteiger partial charge in [0.1, 0.15) is 0 Å². The molecular formula is C23H28N2O2. The molecular weight excluding hydrogens is 336 g/mol. The minimum Gasteiger partial charge on any atom is -0.356 e. The molecule has 1 N–H and O–H groups in total. The third kappa shape index (κ3) is 4.21. The molecule has 2 aromatic carbocycles. The fraction of sp³-hybridized carbons (Fsp3) is 0.391. The molecule has 0 bridgehead atoms. The van der Waals surface area contributed by atoms with Crippen molar-refractivity contribution < 1.29 is 9.59 Å². The predicted molar refractivity (Wildman–Crippen MR) is 108 cm³/mol. The van der Waals surface area contributed by atoms with Crippen LogP contribution in [0.1, 0.15) is 46.3 Å². The molecule has 0 spiro atoms. The van der Waals surface area contributed by atoms with Gasteiger partial charge in [-0.1, -0.05) is 48.9 Å². The maximum Gasteiger partial charge on any atom is 0.253 e. The van der Waals surface area contributed by atoms with Crippen LogP contribution in [0.25, 0.3) is 0 Å². The van der Waals surface area contributed by atoms with Crippen LogP contribution in [0.4, 0.5) is 0 Å². The summed E-state index contributed by atoms with van der Waals surface area (Å²) < 4.78 is 0. The normalized spacial score (nSPS) is 19.1. The van der Waals surface area contributed by atoms with E-state index in [0.717, 1.165) is 17.5 Å². The zero-order chi connectivity index (χ0) is 19.4. The van der Waals surface area contributed by atoms with E-state index in [1.807, 2.05) is 55.1 Å². The summed E-state index contributed by atoms with van der Waals surface area (Å²) >= 11 is 0. The summed E-state index contributed by atoms with van der Waals surface area (Å²) in [7, 11) is 0. The first-order valence-corrected chi connectivity index (χ1v) is 9.70. The van der Waals surface area contributed by atoms with Crippen molar-refractivity contribution in [2.45, 2.75) is 33.1 Å². The molecule has 2 atom stereocenters. The fourth-order valence-corrected chi connectivity index (χ4v) is 3.81. The highest BCUT2D eigenvalue weighted by Gasteiger charge is 2.40. The average molecular weight is 364 g/mol. The van der Waals surface area contributed by atoms with Gasteiger partial charge in [0.05, 0.1) is 5.92 Å². The molecule has 2 aromatic rings. The van der Waals surface area contributed by atoms with Gasteiger partial charge in [0, 0.05) is 31.1 Å². The SMILES string of the molecule is CCCNC(=O)[C@H]1CN(C(=O)c2ccc(C)cc2)C[C@@H]1c1ccccc1C. The highest BCUT2D eigenvalue weighted by Crippen LogP contribution is 2.35. The third-order valence-electron chi connectivity index (χ3n) is 5.38. The van der Waals surface area contributed by atoms with Gasteiger partial charge in [-0.25, -0.2) is 0 Å². The van der Waals surface area contributed by atoms with Crippen LogP contribution < -0.4 is 5.32 Å². The number of hydrogen-bond acceptors (Lipinski definition) is 2. The topological polar surface area (TPSA) is 49.4 Å². The standard InChI is InChI=1S/C23H28N2O2/c1-4-13-24-22(26)21-15-25(23(27)18-11-9-16(2)10-12-18)14-20(21)19-8-6-5-7-17(19)3/h5-12,20-21H,4,13-15H2,1-3H3,(H,24,26)/t20-,21+/m1/s1. The Kier molecular flexibility index (Phi) is 5.94. The van der Waals surface area contributed by atoms with E-state index in [-0.39, 0.29) is 23.7 Å². The molecule has 1 heterocycles. The lowest BCUT2D eigenvalue weighted by atomic mass is 9.86. The summed E-state index contributed by atoms with van der Waals surface area (Å²) in [5.74, 6) is -0.145. The molecule has 27 heavy (non-hydrogen) atoms. The summed E-state index contributed by atoms with van der Waals surface area (Å²) in [6.45, 7) is 7.82. The Bertz CT molecular complexity index is 813. The molecule has 0 saturated carbocycles. The van der Waals surface area contributed by atoms with E-state index in [1.165, 1.54) is 5.56 Å². The summed E-state index contributed by atoms with van der Waals surface area (Å²) in [6.07, 6.45) is 0.902. The second kappa shape index (κ2) is 8.38. The third-order valence-corrected chi connectivity index (χ3v) is 5.38. The molecule has 3 rings (SSSR count). The van der Waals surface area contributed by atoms with Crippen molar-refractivity contribution in [3.8, 4) is 0 Å². The molecule has 0 unspecified atom stereocenters. The monoisotopic (exact) mass is 364 g/mol. The molecule has 1 saturated heterocycles. The van der Waals surface area contributed by atoms with Crippen molar-refractivity contribution in [3.05, 3.63) is 70.8 Å². The number of benzene rings is 2. The molecule has 0 aliphatic carbocycles. The maximum absolute atomic E-state index is 13.0. The number of carbonyl (C=O) groups excluding carboxylic acids is 2. The van der Waals surface area contributed by atoms with E-state index in [4.69, 9.17) is 0 Å². The van der Waals surface area contributed by atoms with Gasteiger partial charge in [-0.2, -0.15) is 0 Å². The van der Waals surface area contributed by atoms with E-state index in [9.17, 15) is 9.59 Å². The van der Waals surface area contributed by atoms with Crippen LogP contribution >= 0.6 is 0 Å². The van der Waals surface area contributed by atoms with Crippen LogP contribution in [-0.4, -0.2) is 36.3 Å². The first-order chi connectivity index (χ1) is 13.0.